The Morgan fingerprint density at radius 3 is 1.94 bits per heavy atom. The molecule has 2 aromatic rings. The molecular weight excluding hydrogens is 337 g/mol. The first kappa shape index (κ1) is 14.1. The zero-order valence-corrected chi connectivity index (χ0v) is 12.4. The number of hydrogen-bond acceptors (Lipinski definition) is 1. The molecule has 0 amide bonds. The maximum Gasteiger partial charge on any atom is 0.125 e. The summed E-state index contributed by atoms with van der Waals surface area (Å²) in [6.45, 7) is 0. The first-order valence-electron chi connectivity index (χ1n) is 4.73. The summed E-state index contributed by atoms with van der Waals surface area (Å²) < 4.78 is 0. The predicted molar refractivity (Wildman–Crippen MR) is 78.6 cm³/mol. The van der Waals surface area contributed by atoms with E-state index in [1.807, 2.05) is 0 Å². The number of aromatic hydroxyl groups is 1. The molecule has 0 radical (unpaired) electrons. The standard InChI is InChI=1S/C12H5Cl5O/c13-7-2-1-5(11(16)12(7)17)6-3-8(14)9(15)4-10(6)18/h1-4,18H. The number of benzene rings is 2. The molecule has 0 spiro atoms. The van der Waals surface area contributed by atoms with Crippen LogP contribution in [0.2, 0.25) is 25.1 Å². The first-order valence-corrected chi connectivity index (χ1v) is 6.62. The number of phenols is 1. The van der Waals surface area contributed by atoms with Gasteiger partial charge in [0.1, 0.15) is 5.75 Å². The highest BCUT2D eigenvalue weighted by atomic mass is 35.5. The molecule has 1 N–H and O–H groups in total. The van der Waals surface area contributed by atoms with Gasteiger partial charge >= 0.3 is 0 Å². The molecule has 0 unspecified atom stereocenters. The van der Waals surface area contributed by atoms with E-state index < -0.39 is 0 Å². The van der Waals surface area contributed by atoms with Crippen molar-refractivity contribution in [1.29, 1.82) is 0 Å². The van der Waals surface area contributed by atoms with Crippen molar-refractivity contribution in [1.82, 2.24) is 0 Å². The van der Waals surface area contributed by atoms with E-state index in [9.17, 15) is 5.11 Å². The third-order valence-electron chi connectivity index (χ3n) is 2.36. The summed E-state index contributed by atoms with van der Waals surface area (Å²) in [5, 5.41) is 11.3. The minimum atomic E-state index is -0.0373. The molecule has 0 aliphatic rings. The molecule has 0 aliphatic heterocycles. The highest BCUT2D eigenvalue weighted by Gasteiger charge is 2.15. The summed E-state index contributed by atoms with van der Waals surface area (Å²) in [6.07, 6.45) is 0. The van der Waals surface area contributed by atoms with E-state index in [-0.39, 0.29) is 20.8 Å². The summed E-state index contributed by atoms with van der Waals surface area (Å²) >= 11 is 29.6. The maximum absolute atomic E-state index is 9.88. The maximum atomic E-state index is 9.88. The van der Waals surface area contributed by atoms with Gasteiger partial charge < -0.3 is 5.11 Å². The highest BCUT2D eigenvalue weighted by Crippen LogP contribution is 2.43. The average molecular weight is 342 g/mol. The first-order chi connectivity index (χ1) is 8.41. The van der Waals surface area contributed by atoms with Gasteiger partial charge in [-0.1, -0.05) is 64.1 Å². The van der Waals surface area contributed by atoms with Gasteiger partial charge in [0.2, 0.25) is 0 Å². The summed E-state index contributed by atoms with van der Waals surface area (Å²) in [5.41, 5.74) is 0.968. The number of rotatable bonds is 1. The zero-order chi connectivity index (χ0) is 13.4. The molecule has 0 bridgehead atoms. The quantitative estimate of drug-likeness (QED) is 0.601. The van der Waals surface area contributed by atoms with E-state index in [0.29, 0.717) is 21.2 Å². The lowest BCUT2D eigenvalue weighted by molar-refractivity contribution is 0.477. The molecule has 94 valence electrons. The molecule has 2 aromatic carbocycles. The van der Waals surface area contributed by atoms with Crippen LogP contribution in [0.3, 0.4) is 0 Å². The topological polar surface area (TPSA) is 20.2 Å². The van der Waals surface area contributed by atoms with E-state index in [4.69, 9.17) is 58.0 Å². The van der Waals surface area contributed by atoms with Gasteiger partial charge in [0, 0.05) is 17.2 Å². The second kappa shape index (κ2) is 5.36. The van der Waals surface area contributed by atoms with Gasteiger partial charge in [-0.3, -0.25) is 0 Å². The van der Waals surface area contributed by atoms with Crippen LogP contribution < -0.4 is 0 Å². The number of phenolic OH excluding ortho intramolecular Hbond substituents is 1. The Labute approximate surface area is 129 Å². The largest absolute Gasteiger partial charge is 0.507 e. The lowest BCUT2D eigenvalue weighted by Crippen LogP contribution is -1.84. The summed E-state index contributed by atoms with van der Waals surface area (Å²) in [5.74, 6) is -0.0373. The van der Waals surface area contributed by atoms with Crippen molar-refractivity contribution in [2.45, 2.75) is 0 Å². The molecule has 0 heterocycles. The van der Waals surface area contributed by atoms with Gasteiger partial charge in [-0.25, -0.2) is 0 Å². The Morgan fingerprint density at radius 1 is 0.667 bits per heavy atom. The minimum Gasteiger partial charge on any atom is -0.507 e. The van der Waals surface area contributed by atoms with Crippen LogP contribution in [-0.2, 0) is 0 Å². The van der Waals surface area contributed by atoms with E-state index in [0.717, 1.165) is 0 Å². The number of halogens is 5. The van der Waals surface area contributed by atoms with Crippen molar-refractivity contribution >= 4 is 58.0 Å². The third-order valence-corrected chi connectivity index (χ3v) is 4.38. The van der Waals surface area contributed by atoms with Gasteiger partial charge in [0.15, 0.2) is 0 Å². The van der Waals surface area contributed by atoms with Crippen LogP contribution in [0, 0.1) is 0 Å². The van der Waals surface area contributed by atoms with Crippen molar-refractivity contribution in [3.8, 4) is 16.9 Å². The second-order valence-corrected chi connectivity index (χ2v) is 5.48. The van der Waals surface area contributed by atoms with Gasteiger partial charge in [-0.05, 0) is 12.1 Å². The third kappa shape index (κ3) is 2.52. The Balaban J connectivity index is 2.70. The lowest BCUT2D eigenvalue weighted by atomic mass is 10.0. The smallest absolute Gasteiger partial charge is 0.125 e. The van der Waals surface area contributed by atoms with Crippen LogP contribution in [0.25, 0.3) is 11.1 Å². The fourth-order valence-corrected chi connectivity index (χ4v) is 2.44. The molecular formula is C12H5Cl5O. The highest BCUT2D eigenvalue weighted by molar-refractivity contribution is 6.49. The van der Waals surface area contributed by atoms with Crippen molar-refractivity contribution in [2.24, 2.45) is 0 Å². The SMILES string of the molecule is Oc1cc(Cl)c(Cl)cc1-c1ccc(Cl)c(Cl)c1Cl. The van der Waals surface area contributed by atoms with Crippen LogP contribution in [-0.4, -0.2) is 5.11 Å². The monoisotopic (exact) mass is 340 g/mol. The molecule has 2 rings (SSSR count). The molecule has 0 aromatic heterocycles. The van der Waals surface area contributed by atoms with Gasteiger partial charge in [0.25, 0.3) is 0 Å². The Morgan fingerprint density at radius 2 is 1.28 bits per heavy atom. The van der Waals surface area contributed by atoms with Crippen LogP contribution in [0.1, 0.15) is 0 Å². The average Bonchev–Trinajstić information content (AvgIpc) is 2.32. The van der Waals surface area contributed by atoms with Crippen molar-refractivity contribution < 1.29 is 5.11 Å². The predicted octanol–water partition coefficient (Wildman–Crippen LogP) is 6.33. The van der Waals surface area contributed by atoms with E-state index in [1.54, 1.807) is 12.1 Å². The molecule has 0 saturated heterocycles. The molecule has 0 saturated carbocycles. The van der Waals surface area contributed by atoms with Crippen molar-refractivity contribution in [3.63, 3.8) is 0 Å². The van der Waals surface area contributed by atoms with E-state index in [1.165, 1.54) is 12.1 Å². The molecule has 0 aliphatic carbocycles. The van der Waals surface area contributed by atoms with Crippen LogP contribution >= 0.6 is 58.0 Å². The molecule has 0 atom stereocenters. The minimum absolute atomic E-state index is 0.0373. The Bertz CT molecular complexity index is 624. The fraction of sp³-hybridized carbons (Fsp3) is 0. The number of hydrogen-bond donors (Lipinski definition) is 1. The van der Waals surface area contributed by atoms with Crippen LogP contribution in [0.4, 0.5) is 0 Å². The second-order valence-electron chi connectivity index (χ2n) is 3.51. The van der Waals surface area contributed by atoms with Crippen molar-refractivity contribution in [3.05, 3.63) is 49.4 Å². The summed E-state index contributed by atoms with van der Waals surface area (Å²) in [4.78, 5) is 0. The Kier molecular flexibility index (Phi) is 4.20. The fourth-order valence-electron chi connectivity index (χ4n) is 1.49. The van der Waals surface area contributed by atoms with E-state index in [2.05, 4.69) is 0 Å². The molecule has 1 nitrogen and oxygen atoms in total. The van der Waals surface area contributed by atoms with Gasteiger partial charge in [-0.15, -0.1) is 0 Å². The van der Waals surface area contributed by atoms with Crippen LogP contribution in [0.15, 0.2) is 24.3 Å². The molecule has 6 heteroatoms. The summed E-state index contributed by atoms with van der Waals surface area (Å²) in [7, 11) is 0. The van der Waals surface area contributed by atoms with Crippen LogP contribution in [0.5, 0.6) is 5.75 Å². The molecule has 0 fully saturated rings. The zero-order valence-electron chi connectivity index (χ0n) is 8.65. The van der Waals surface area contributed by atoms with Gasteiger partial charge in [-0.2, -0.15) is 0 Å². The Hall–Kier alpha value is -0.310. The molecule has 18 heavy (non-hydrogen) atoms. The lowest BCUT2D eigenvalue weighted by Gasteiger charge is -2.10. The normalized spacial score (nSPS) is 10.7. The van der Waals surface area contributed by atoms with Gasteiger partial charge in [0.05, 0.1) is 25.1 Å². The summed E-state index contributed by atoms with van der Waals surface area (Å²) in [6, 6.07) is 6.10. The van der Waals surface area contributed by atoms with Crippen molar-refractivity contribution in [2.75, 3.05) is 0 Å². The van der Waals surface area contributed by atoms with E-state index >= 15 is 0 Å².